The second-order valence-corrected chi connectivity index (χ2v) is 8.41. The van der Waals surface area contributed by atoms with Crippen LogP contribution in [0, 0.1) is 11.8 Å². The van der Waals surface area contributed by atoms with Crippen LogP contribution in [0.1, 0.15) is 79.1 Å². The lowest BCUT2D eigenvalue weighted by molar-refractivity contribution is 0.223. The highest BCUT2D eigenvalue weighted by Crippen LogP contribution is 2.42. The van der Waals surface area contributed by atoms with Crippen molar-refractivity contribution < 1.29 is 14.2 Å². The summed E-state index contributed by atoms with van der Waals surface area (Å²) >= 11 is 0. The topological polar surface area (TPSA) is 27.7 Å². The van der Waals surface area contributed by atoms with Gasteiger partial charge in [-0.05, 0) is 24.7 Å². The third kappa shape index (κ3) is 6.82. The van der Waals surface area contributed by atoms with Crippen molar-refractivity contribution in [2.24, 2.45) is 11.8 Å². The molecule has 2 aromatic rings. The van der Waals surface area contributed by atoms with Gasteiger partial charge in [-0.2, -0.15) is 0 Å². The molecule has 168 valence electrons. The minimum atomic E-state index is 0.577. The average Bonchev–Trinajstić information content (AvgIpc) is 2.79. The van der Waals surface area contributed by atoms with Crippen LogP contribution < -0.4 is 14.2 Å². The lowest BCUT2D eigenvalue weighted by atomic mass is 10.00. The molecule has 0 heterocycles. The van der Waals surface area contributed by atoms with Crippen molar-refractivity contribution >= 4 is 10.8 Å². The number of methoxy groups -OCH3 is 1. The molecule has 2 atom stereocenters. The maximum Gasteiger partial charge on any atom is 0.169 e. The molecule has 0 spiro atoms. The fourth-order valence-corrected chi connectivity index (χ4v) is 3.92. The molecule has 2 rings (SSSR count). The van der Waals surface area contributed by atoms with Gasteiger partial charge in [0.15, 0.2) is 11.5 Å². The van der Waals surface area contributed by atoms with Gasteiger partial charge in [-0.1, -0.05) is 90.5 Å². The summed E-state index contributed by atoms with van der Waals surface area (Å²) in [4.78, 5) is 0. The predicted octanol–water partition coefficient (Wildman–Crippen LogP) is 8.04. The molecule has 30 heavy (non-hydrogen) atoms. The van der Waals surface area contributed by atoms with E-state index in [0.717, 1.165) is 54.1 Å². The van der Waals surface area contributed by atoms with Crippen molar-refractivity contribution in [1.82, 2.24) is 0 Å². The van der Waals surface area contributed by atoms with E-state index in [1.165, 1.54) is 38.5 Å². The fraction of sp³-hybridized carbons (Fsp3) is 0.630. The summed E-state index contributed by atoms with van der Waals surface area (Å²) in [6.07, 6.45) is 9.69. The highest BCUT2D eigenvalue weighted by atomic mass is 16.5. The van der Waals surface area contributed by atoms with E-state index in [0.29, 0.717) is 11.8 Å². The molecule has 0 amide bonds. The van der Waals surface area contributed by atoms with Crippen molar-refractivity contribution in [3.05, 3.63) is 30.3 Å². The zero-order valence-electron chi connectivity index (χ0n) is 19.8. The van der Waals surface area contributed by atoms with Crippen LogP contribution in [0.15, 0.2) is 30.3 Å². The predicted molar refractivity (Wildman–Crippen MR) is 128 cm³/mol. The van der Waals surface area contributed by atoms with E-state index in [1.54, 1.807) is 7.11 Å². The molecule has 0 aliphatic heterocycles. The number of ether oxygens (including phenoxy) is 3. The molecule has 3 nitrogen and oxygen atoms in total. The Balaban J connectivity index is 2.25. The second-order valence-electron chi connectivity index (χ2n) is 8.41. The van der Waals surface area contributed by atoms with E-state index in [-0.39, 0.29) is 0 Å². The minimum absolute atomic E-state index is 0.577. The van der Waals surface area contributed by atoms with E-state index < -0.39 is 0 Å². The van der Waals surface area contributed by atoms with Crippen LogP contribution in [0.4, 0.5) is 0 Å². The summed E-state index contributed by atoms with van der Waals surface area (Å²) in [5.41, 5.74) is 0. The first-order valence-electron chi connectivity index (χ1n) is 12.0. The summed E-state index contributed by atoms with van der Waals surface area (Å²) < 4.78 is 18.4. The standard InChI is InChI=1S/C27H42O3/c1-6-10-14-21(8-3)19-29-25-18-26(28-5)27(24-17-13-12-16-23(24)25)30-20-22(9-4)15-11-7-2/h12-13,16-18,21-22H,6-11,14-15,19-20H2,1-5H3. The normalized spacial score (nSPS) is 13.2. The van der Waals surface area contributed by atoms with E-state index in [9.17, 15) is 0 Å². The molecule has 0 aliphatic carbocycles. The number of benzene rings is 2. The third-order valence-electron chi connectivity index (χ3n) is 6.17. The number of unbranched alkanes of at least 4 members (excludes halogenated alkanes) is 2. The van der Waals surface area contributed by atoms with E-state index >= 15 is 0 Å². The van der Waals surface area contributed by atoms with E-state index in [2.05, 4.69) is 52.0 Å². The highest BCUT2D eigenvalue weighted by Gasteiger charge is 2.18. The summed E-state index contributed by atoms with van der Waals surface area (Å²) in [5, 5.41) is 2.17. The smallest absolute Gasteiger partial charge is 0.169 e. The Labute approximate surface area is 184 Å². The quantitative estimate of drug-likeness (QED) is 0.295. The molecule has 3 heteroatoms. The van der Waals surface area contributed by atoms with Crippen molar-refractivity contribution in [1.29, 1.82) is 0 Å². The van der Waals surface area contributed by atoms with Crippen LogP contribution in [0.5, 0.6) is 17.2 Å². The van der Waals surface area contributed by atoms with Crippen LogP contribution in [0.2, 0.25) is 0 Å². The summed E-state index contributed by atoms with van der Waals surface area (Å²) in [5.74, 6) is 3.66. The Hall–Kier alpha value is -1.90. The lowest BCUT2D eigenvalue weighted by Gasteiger charge is -2.21. The van der Waals surface area contributed by atoms with Crippen molar-refractivity contribution in [3.63, 3.8) is 0 Å². The van der Waals surface area contributed by atoms with Gasteiger partial charge in [0.05, 0.1) is 20.3 Å². The van der Waals surface area contributed by atoms with Gasteiger partial charge in [0.1, 0.15) is 5.75 Å². The van der Waals surface area contributed by atoms with Crippen molar-refractivity contribution in [3.8, 4) is 17.2 Å². The molecule has 2 unspecified atom stereocenters. The van der Waals surface area contributed by atoms with Crippen LogP contribution in [-0.2, 0) is 0 Å². The molecule has 0 saturated heterocycles. The monoisotopic (exact) mass is 414 g/mol. The van der Waals surface area contributed by atoms with Crippen molar-refractivity contribution in [2.45, 2.75) is 79.1 Å². The number of hydrogen-bond donors (Lipinski definition) is 0. The lowest BCUT2D eigenvalue weighted by Crippen LogP contribution is -2.13. The average molecular weight is 415 g/mol. The molecule has 0 fully saturated rings. The van der Waals surface area contributed by atoms with Crippen LogP contribution >= 0.6 is 0 Å². The van der Waals surface area contributed by atoms with Crippen LogP contribution in [-0.4, -0.2) is 20.3 Å². The van der Waals surface area contributed by atoms with Gasteiger partial charge in [-0.3, -0.25) is 0 Å². The molecule has 0 bridgehead atoms. The molecule has 0 aliphatic rings. The number of rotatable bonds is 15. The zero-order chi connectivity index (χ0) is 21.8. The minimum Gasteiger partial charge on any atom is -0.493 e. The molecular weight excluding hydrogens is 372 g/mol. The molecule has 0 aromatic heterocycles. The first-order chi connectivity index (χ1) is 14.7. The van der Waals surface area contributed by atoms with Gasteiger partial charge in [-0.15, -0.1) is 0 Å². The first kappa shape index (κ1) is 24.4. The van der Waals surface area contributed by atoms with Crippen molar-refractivity contribution in [2.75, 3.05) is 20.3 Å². The van der Waals surface area contributed by atoms with Gasteiger partial charge >= 0.3 is 0 Å². The fourth-order valence-electron chi connectivity index (χ4n) is 3.92. The van der Waals surface area contributed by atoms with Crippen LogP contribution in [0.25, 0.3) is 10.8 Å². The Morgan fingerprint density at radius 1 is 0.733 bits per heavy atom. The number of hydrogen-bond acceptors (Lipinski definition) is 3. The first-order valence-corrected chi connectivity index (χ1v) is 12.0. The number of fused-ring (bicyclic) bond motifs is 1. The van der Waals surface area contributed by atoms with Gasteiger partial charge in [0.25, 0.3) is 0 Å². The molecule has 2 aromatic carbocycles. The highest BCUT2D eigenvalue weighted by molar-refractivity contribution is 5.95. The largest absolute Gasteiger partial charge is 0.493 e. The Kier molecular flexibility index (Phi) is 10.9. The molecule has 0 N–H and O–H groups in total. The Bertz CT molecular complexity index is 740. The molecule has 0 saturated carbocycles. The maximum absolute atomic E-state index is 6.37. The summed E-state index contributed by atoms with van der Waals surface area (Å²) in [6, 6.07) is 10.4. The molecular formula is C27H42O3. The Morgan fingerprint density at radius 3 is 1.83 bits per heavy atom. The summed E-state index contributed by atoms with van der Waals surface area (Å²) in [7, 11) is 1.71. The van der Waals surface area contributed by atoms with E-state index in [4.69, 9.17) is 14.2 Å². The van der Waals surface area contributed by atoms with E-state index in [1.807, 2.05) is 6.07 Å². The van der Waals surface area contributed by atoms with Gasteiger partial charge in [0, 0.05) is 16.8 Å². The van der Waals surface area contributed by atoms with Gasteiger partial charge in [-0.25, -0.2) is 0 Å². The molecule has 0 radical (unpaired) electrons. The SMILES string of the molecule is CCCCC(CC)COc1cc(OC)c(OCC(CC)CCCC)c2ccccc12. The summed E-state index contributed by atoms with van der Waals surface area (Å²) in [6.45, 7) is 10.5. The van der Waals surface area contributed by atoms with Crippen LogP contribution in [0.3, 0.4) is 0 Å². The maximum atomic E-state index is 6.37. The Morgan fingerprint density at radius 2 is 1.30 bits per heavy atom. The zero-order valence-corrected chi connectivity index (χ0v) is 19.8. The van der Waals surface area contributed by atoms with Gasteiger partial charge in [0.2, 0.25) is 0 Å². The third-order valence-corrected chi connectivity index (χ3v) is 6.17. The van der Waals surface area contributed by atoms with Gasteiger partial charge < -0.3 is 14.2 Å². The second kappa shape index (κ2) is 13.4.